The third-order valence-electron chi connectivity index (χ3n) is 1.83. The molecule has 3 heteroatoms. The standard InChI is InChI=1S/C10H13NO2/c1-6-3-4-8(9(12)5-6)10(13)7(2)11/h3-5,7,12H,11H2,1-2H3. The van der Waals surface area contributed by atoms with E-state index in [0.717, 1.165) is 5.56 Å². The van der Waals surface area contributed by atoms with Crippen LogP contribution in [0.25, 0.3) is 0 Å². The van der Waals surface area contributed by atoms with Gasteiger partial charge in [-0.2, -0.15) is 0 Å². The molecule has 1 rings (SSSR count). The predicted molar refractivity (Wildman–Crippen MR) is 50.8 cm³/mol. The highest BCUT2D eigenvalue weighted by Gasteiger charge is 2.14. The molecule has 1 aromatic carbocycles. The Morgan fingerprint density at radius 3 is 2.62 bits per heavy atom. The van der Waals surface area contributed by atoms with Crippen molar-refractivity contribution in [3.05, 3.63) is 29.3 Å². The monoisotopic (exact) mass is 179 g/mol. The fourth-order valence-electron chi connectivity index (χ4n) is 1.10. The molecule has 3 nitrogen and oxygen atoms in total. The Morgan fingerprint density at radius 2 is 2.15 bits per heavy atom. The van der Waals surface area contributed by atoms with Crippen LogP contribution in [0.3, 0.4) is 0 Å². The Labute approximate surface area is 77.2 Å². The first-order valence-corrected chi connectivity index (χ1v) is 4.12. The Hall–Kier alpha value is -1.35. The molecule has 0 aliphatic rings. The molecule has 0 bridgehead atoms. The zero-order valence-electron chi connectivity index (χ0n) is 7.74. The Morgan fingerprint density at radius 1 is 1.54 bits per heavy atom. The molecule has 0 heterocycles. The number of aryl methyl sites for hydroxylation is 1. The van der Waals surface area contributed by atoms with Gasteiger partial charge in [0.25, 0.3) is 0 Å². The fourth-order valence-corrected chi connectivity index (χ4v) is 1.10. The molecular weight excluding hydrogens is 166 g/mol. The summed E-state index contributed by atoms with van der Waals surface area (Å²) in [5, 5.41) is 9.43. The topological polar surface area (TPSA) is 63.3 Å². The van der Waals surface area contributed by atoms with Gasteiger partial charge in [-0.15, -0.1) is 0 Å². The molecule has 1 atom stereocenters. The van der Waals surface area contributed by atoms with Crippen molar-refractivity contribution in [3.8, 4) is 5.75 Å². The number of carbonyl (C=O) groups excluding carboxylic acids is 1. The molecule has 0 spiro atoms. The third kappa shape index (κ3) is 2.06. The lowest BCUT2D eigenvalue weighted by Gasteiger charge is -2.06. The fraction of sp³-hybridized carbons (Fsp3) is 0.300. The van der Waals surface area contributed by atoms with Crippen molar-refractivity contribution in [1.29, 1.82) is 0 Å². The summed E-state index contributed by atoms with van der Waals surface area (Å²) in [7, 11) is 0. The van der Waals surface area contributed by atoms with Crippen LogP contribution < -0.4 is 5.73 Å². The van der Waals surface area contributed by atoms with E-state index >= 15 is 0 Å². The molecule has 3 N–H and O–H groups in total. The maximum Gasteiger partial charge on any atom is 0.182 e. The van der Waals surface area contributed by atoms with Gasteiger partial charge >= 0.3 is 0 Å². The van der Waals surface area contributed by atoms with Gasteiger partial charge in [-0.05, 0) is 31.5 Å². The Balaban J connectivity index is 3.09. The zero-order chi connectivity index (χ0) is 10.0. The number of nitrogens with two attached hydrogens (primary N) is 1. The average Bonchev–Trinajstić information content (AvgIpc) is 2.03. The summed E-state index contributed by atoms with van der Waals surface area (Å²) in [6.45, 7) is 3.45. The summed E-state index contributed by atoms with van der Waals surface area (Å²) in [5.41, 5.74) is 6.62. The molecule has 0 aliphatic heterocycles. The predicted octanol–water partition coefficient (Wildman–Crippen LogP) is 1.23. The van der Waals surface area contributed by atoms with Crippen LogP contribution in [0.4, 0.5) is 0 Å². The molecule has 1 unspecified atom stereocenters. The van der Waals surface area contributed by atoms with E-state index < -0.39 is 6.04 Å². The van der Waals surface area contributed by atoms with Crippen LogP contribution in [-0.4, -0.2) is 16.9 Å². The summed E-state index contributed by atoms with van der Waals surface area (Å²) in [6.07, 6.45) is 0. The number of hydrogen-bond acceptors (Lipinski definition) is 3. The lowest BCUT2D eigenvalue weighted by Crippen LogP contribution is -2.26. The number of rotatable bonds is 2. The number of hydrogen-bond donors (Lipinski definition) is 2. The normalized spacial score (nSPS) is 12.5. The summed E-state index contributed by atoms with van der Waals surface area (Å²) in [5.74, 6) is -0.236. The van der Waals surface area contributed by atoms with Gasteiger partial charge in [-0.1, -0.05) is 6.07 Å². The number of phenols is 1. The summed E-state index contributed by atoms with van der Waals surface area (Å²) >= 11 is 0. The second-order valence-electron chi connectivity index (χ2n) is 3.17. The van der Waals surface area contributed by atoms with E-state index in [1.54, 1.807) is 25.1 Å². The molecule has 0 aliphatic carbocycles. The Bertz CT molecular complexity index is 332. The number of phenolic OH excluding ortho intramolecular Hbond substituents is 1. The third-order valence-corrected chi connectivity index (χ3v) is 1.83. The molecule has 0 radical (unpaired) electrons. The SMILES string of the molecule is Cc1ccc(C(=O)C(C)N)c(O)c1. The van der Waals surface area contributed by atoms with Gasteiger partial charge in [0.1, 0.15) is 5.75 Å². The number of benzene rings is 1. The minimum absolute atomic E-state index is 0.00213. The van der Waals surface area contributed by atoms with Crippen molar-refractivity contribution in [1.82, 2.24) is 0 Å². The highest BCUT2D eigenvalue weighted by atomic mass is 16.3. The highest BCUT2D eigenvalue weighted by molar-refractivity contribution is 6.01. The van der Waals surface area contributed by atoms with Crippen molar-refractivity contribution < 1.29 is 9.90 Å². The molecular formula is C10H13NO2. The van der Waals surface area contributed by atoms with Gasteiger partial charge in [-0.3, -0.25) is 4.79 Å². The first-order valence-electron chi connectivity index (χ1n) is 4.12. The van der Waals surface area contributed by atoms with Crippen molar-refractivity contribution in [3.63, 3.8) is 0 Å². The quantitative estimate of drug-likeness (QED) is 0.671. The van der Waals surface area contributed by atoms with E-state index in [2.05, 4.69) is 0 Å². The molecule has 0 saturated heterocycles. The molecule has 1 aromatic rings. The lowest BCUT2D eigenvalue weighted by molar-refractivity contribution is 0.0965. The van der Waals surface area contributed by atoms with Gasteiger partial charge in [0, 0.05) is 0 Å². The van der Waals surface area contributed by atoms with Crippen molar-refractivity contribution in [2.24, 2.45) is 5.73 Å². The van der Waals surface area contributed by atoms with Gasteiger partial charge < -0.3 is 10.8 Å². The molecule has 0 amide bonds. The molecule has 0 saturated carbocycles. The lowest BCUT2D eigenvalue weighted by atomic mass is 10.0. The maximum atomic E-state index is 11.4. The van der Waals surface area contributed by atoms with E-state index in [1.807, 2.05) is 6.92 Å². The number of carbonyl (C=O) groups is 1. The van der Waals surface area contributed by atoms with Crippen molar-refractivity contribution in [2.45, 2.75) is 19.9 Å². The van der Waals surface area contributed by atoms with E-state index in [9.17, 15) is 9.90 Å². The van der Waals surface area contributed by atoms with Gasteiger partial charge in [0.15, 0.2) is 5.78 Å². The average molecular weight is 179 g/mol. The van der Waals surface area contributed by atoms with Crippen LogP contribution in [0.1, 0.15) is 22.8 Å². The van der Waals surface area contributed by atoms with E-state index in [0.29, 0.717) is 5.56 Å². The van der Waals surface area contributed by atoms with Gasteiger partial charge in [-0.25, -0.2) is 0 Å². The van der Waals surface area contributed by atoms with Crippen molar-refractivity contribution in [2.75, 3.05) is 0 Å². The van der Waals surface area contributed by atoms with Crippen LogP contribution in [0, 0.1) is 6.92 Å². The summed E-state index contributed by atoms with van der Waals surface area (Å²) in [6, 6.07) is 4.34. The van der Waals surface area contributed by atoms with Crippen molar-refractivity contribution >= 4 is 5.78 Å². The second-order valence-corrected chi connectivity index (χ2v) is 3.17. The molecule has 0 aromatic heterocycles. The van der Waals surface area contributed by atoms with Gasteiger partial charge in [0.05, 0.1) is 11.6 Å². The largest absolute Gasteiger partial charge is 0.507 e. The van der Waals surface area contributed by atoms with E-state index in [4.69, 9.17) is 5.73 Å². The number of aromatic hydroxyl groups is 1. The van der Waals surface area contributed by atoms with Crippen LogP contribution in [-0.2, 0) is 0 Å². The summed E-state index contributed by atoms with van der Waals surface area (Å²) < 4.78 is 0. The van der Waals surface area contributed by atoms with Gasteiger partial charge in [0.2, 0.25) is 0 Å². The van der Waals surface area contributed by atoms with E-state index in [-0.39, 0.29) is 11.5 Å². The highest BCUT2D eigenvalue weighted by Crippen LogP contribution is 2.19. The van der Waals surface area contributed by atoms with E-state index in [1.165, 1.54) is 0 Å². The number of ketones is 1. The Kier molecular flexibility index (Phi) is 2.68. The zero-order valence-corrected chi connectivity index (χ0v) is 7.74. The minimum Gasteiger partial charge on any atom is -0.507 e. The molecule has 13 heavy (non-hydrogen) atoms. The maximum absolute atomic E-state index is 11.4. The second kappa shape index (κ2) is 3.58. The van der Waals surface area contributed by atoms with Crippen LogP contribution in [0.15, 0.2) is 18.2 Å². The first-order chi connectivity index (χ1) is 6.02. The molecule has 0 fully saturated rings. The van der Waals surface area contributed by atoms with Crippen LogP contribution >= 0.6 is 0 Å². The van der Waals surface area contributed by atoms with Crippen LogP contribution in [0.2, 0.25) is 0 Å². The van der Waals surface area contributed by atoms with Crippen LogP contribution in [0.5, 0.6) is 5.75 Å². The first kappa shape index (κ1) is 9.74. The number of Topliss-reactive ketones (excluding diaryl/α,β-unsaturated/α-hetero) is 1. The summed E-state index contributed by atoms with van der Waals surface area (Å²) in [4.78, 5) is 11.4. The minimum atomic E-state index is -0.575. The molecule has 70 valence electrons. The smallest absolute Gasteiger partial charge is 0.182 e.